The normalized spacial score (nSPS) is 21.8. The van der Waals surface area contributed by atoms with Crippen LogP contribution >= 0.6 is 11.3 Å². The summed E-state index contributed by atoms with van der Waals surface area (Å²) in [5.41, 5.74) is 5.00. The van der Waals surface area contributed by atoms with Crippen molar-refractivity contribution < 1.29 is 9.53 Å². The summed E-state index contributed by atoms with van der Waals surface area (Å²) in [7, 11) is 0. The summed E-state index contributed by atoms with van der Waals surface area (Å²) >= 11 is 1.54. The first-order valence-corrected chi connectivity index (χ1v) is 15.1. The average Bonchev–Trinajstić information content (AvgIpc) is 3.40. The van der Waals surface area contributed by atoms with Crippen molar-refractivity contribution in [2.24, 2.45) is 11.8 Å². The lowest BCUT2D eigenvalue weighted by molar-refractivity contribution is -0.0115. The largest absolute Gasteiger partial charge is 0.487 e. The number of hydrogen-bond acceptors (Lipinski definition) is 5. The summed E-state index contributed by atoms with van der Waals surface area (Å²) in [6, 6.07) is 24.3. The van der Waals surface area contributed by atoms with Crippen LogP contribution in [-0.4, -0.2) is 21.4 Å². The Morgan fingerprint density at radius 2 is 1.68 bits per heavy atom. The predicted molar refractivity (Wildman–Crippen MR) is 164 cm³/mol. The van der Waals surface area contributed by atoms with Crippen LogP contribution in [0.4, 0.5) is 0 Å². The number of nitrogens with zero attached hydrogens (tertiary/aromatic N) is 2. The number of carbonyl (C=O) groups excluding carboxylic acids is 1. The molecule has 5 heteroatoms. The molecule has 3 heterocycles. The minimum Gasteiger partial charge on any atom is -0.487 e. The molecule has 198 valence electrons. The van der Waals surface area contributed by atoms with Crippen LogP contribution < -0.4 is 4.74 Å². The monoisotopic (exact) mass is 542 g/mol. The number of benzene rings is 4. The lowest BCUT2D eigenvalue weighted by atomic mass is 9.64. The van der Waals surface area contributed by atoms with Gasteiger partial charge in [0.05, 0.1) is 26.9 Å². The number of thiophene rings is 1. The maximum atomic E-state index is 13.6. The highest BCUT2D eigenvalue weighted by molar-refractivity contribution is 7.21. The second kappa shape index (κ2) is 8.58. The fraction of sp³-hybridized carbons (Fsp3) is 0.286. The van der Waals surface area contributed by atoms with Gasteiger partial charge >= 0.3 is 0 Å². The molecule has 6 aromatic rings. The molecule has 0 unspecified atom stereocenters. The Balaban J connectivity index is 1.36. The van der Waals surface area contributed by atoms with Crippen LogP contribution in [0, 0.1) is 11.8 Å². The number of ether oxygens (including phenoxy) is 1. The second-order valence-electron chi connectivity index (χ2n) is 12.2. The highest BCUT2D eigenvalue weighted by atomic mass is 32.1. The molecule has 0 amide bonds. The zero-order valence-corrected chi connectivity index (χ0v) is 23.7. The topological polar surface area (TPSA) is 52.1 Å². The van der Waals surface area contributed by atoms with Gasteiger partial charge in [-0.2, -0.15) is 0 Å². The molecule has 1 aliphatic carbocycles. The lowest BCUT2D eigenvalue weighted by Crippen LogP contribution is -2.46. The summed E-state index contributed by atoms with van der Waals surface area (Å²) in [6.07, 6.45) is 3.51. The van der Waals surface area contributed by atoms with E-state index in [4.69, 9.17) is 14.7 Å². The molecular weight excluding hydrogens is 512 g/mol. The summed E-state index contributed by atoms with van der Waals surface area (Å²) in [5, 5.41) is 3.27. The SMILES string of the molecule is C[C@H]1CC[C@H]2[C@H](C1)c1c(c3ccccc3c3nc4ccc(C(=O)c5cc6ccccc6s5)cc4nc13)OC2(C)C. The standard InChI is InChI=1S/C35H30N2O2S/c1-19-12-14-25-24(16-19)30-32-31(22-9-5-6-10-23(22)34(30)39-35(25,2)3)36-26-15-13-21(17-27(26)37-32)33(38)29-18-20-8-4-7-11-28(20)40-29/h4-11,13,15,17-19,24-25H,12,14,16H2,1-3H3/t19-,24-,25-/m0/s1. The van der Waals surface area contributed by atoms with Gasteiger partial charge in [-0.25, -0.2) is 9.97 Å². The third-order valence-electron chi connectivity index (χ3n) is 9.24. The quantitative estimate of drug-likeness (QED) is 0.124. The molecule has 3 atom stereocenters. The minimum atomic E-state index is -0.248. The number of fused-ring (bicyclic) bond motifs is 10. The molecule has 0 bridgehead atoms. The van der Waals surface area contributed by atoms with Gasteiger partial charge < -0.3 is 4.74 Å². The molecule has 0 N–H and O–H groups in total. The summed E-state index contributed by atoms with van der Waals surface area (Å²) < 4.78 is 8.01. The second-order valence-corrected chi connectivity index (χ2v) is 13.3. The Kier molecular flexibility index (Phi) is 5.15. The first-order chi connectivity index (χ1) is 19.4. The molecule has 1 aliphatic heterocycles. The maximum absolute atomic E-state index is 13.6. The first kappa shape index (κ1) is 24.0. The number of hydrogen-bond donors (Lipinski definition) is 0. The van der Waals surface area contributed by atoms with Crippen molar-refractivity contribution >= 4 is 60.0 Å². The summed E-state index contributed by atoms with van der Waals surface area (Å²) in [5.74, 6) is 2.44. The van der Waals surface area contributed by atoms with Gasteiger partial charge in [0.15, 0.2) is 0 Å². The van der Waals surface area contributed by atoms with Crippen molar-refractivity contribution in [3.05, 3.63) is 88.8 Å². The highest BCUT2D eigenvalue weighted by Gasteiger charge is 2.47. The molecule has 1 fully saturated rings. The average molecular weight is 543 g/mol. The van der Waals surface area contributed by atoms with Crippen molar-refractivity contribution in [1.82, 2.24) is 9.97 Å². The van der Waals surface area contributed by atoms with Gasteiger partial charge in [-0.15, -0.1) is 11.3 Å². The van der Waals surface area contributed by atoms with Crippen LogP contribution in [-0.2, 0) is 0 Å². The molecule has 0 radical (unpaired) electrons. The van der Waals surface area contributed by atoms with Crippen LogP contribution in [0.1, 0.15) is 66.8 Å². The van der Waals surface area contributed by atoms with E-state index in [9.17, 15) is 4.79 Å². The molecule has 0 saturated heterocycles. The molecule has 4 aromatic carbocycles. The van der Waals surface area contributed by atoms with Gasteiger partial charge in [-0.1, -0.05) is 55.8 Å². The molecule has 8 rings (SSSR count). The van der Waals surface area contributed by atoms with Crippen LogP contribution in [0.3, 0.4) is 0 Å². The zero-order valence-electron chi connectivity index (χ0n) is 22.9. The minimum absolute atomic E-state index is 0.0248. The zero-order chi connectivity index (χ0) is 27.2. The highest BCUT2D eigenvalue weighted by Crippen LogP contribution is 2.56. The number of aromatic nitrogens is 2. The van der Waals surface area contributed by atoms with Crippen molar-refractivity contribution in [1.29, 1.82) is 0 Å². The summed E-state index contributed by atoms with van der Waals surface area (Å²) in [6.45, 7) is 6.87. The van der Waals surface area contributed by atoms with Crippen molar-refractivity contribution in [3.63, 3.8) is 0 Å². The third kappa shape index (κ3) is 3.53. The fourth-order valence-electron chi connectivity index (χ4n) is 7.27. The Labute approximate surface area is 237 Å². The molecule has 0 spiro atoms. The smallest absolute Gasteiger partial charge is 0.203 e. The lowest BCUT2D eigenvalue weighted by Gasteiger charge is -2.49. The molecular formula is C35H30N2O2S. The Bertz CT molecular complexity index is 1970. The van der Waals surface area contributed by atoms with Crippen LogP contribution in [0.2, 0.25) is 0 Å². The Morgan fingerprint density at radius 1 is 0.900 bits per heavy atom. The number of carbonyl (C=O) groups is 1. The number of ketones is 1. The van der Waals surface area contributed by atoms with Gasteiger partial charge in [0.25, 0.3) is 0 Å². The fourth-order valence-corrected chi connectivity index (χ4v) is 8.30. The Hall–Kier alpha value is -3.83. The first-order valence-electron chi connectivity index (χ1n) is 14.3. The van der Waals surface area contributed by atoms with Gasteiger partial charge in [-0.3, -0.25) is 4.79 Å². The van der Waals surface area contributed by atoms with Gasteiger partial charge in [0, 0.05) is 32.5 Å². The van der Waals surface area contributed by atoms with E-state index in [0.29, 0.717) is 23.3 Å². The third-order valence-corrected chi connectivity index (χ3v) is 10.4. The van der Waals surface area contributed by atoms with E-state index < -0.39 is 0 Å². The van der Waals surface area contributed by atoms with Crippen LogP contribution in [0.15, 0.2) is 72.8 Å². The van der Waals surface area contributed by atoms with Crippen molar-refractivity contribution in [3.8, 4) is 5.75 Å². The van der Waals surface area contributed by atoms with Gasteiger partial charge in [-0.05, 0) is 74.2 Å². The van der Waals surface area contributed by atoms with Crippen LogP contribution in [0.25, 0.3) is 42.9 Å². The molecule has 4 nitrogen and oxygen atoms in total. The molecule has 2 aliphatic rings. The molecule has 40 heavy (non-hydrogen) atoms. The van der Waals surface area contributed by atoms with Gasteiger partial charge in [0.1, 0.15) is 11.4 Å². The predicted octanol–water partition coefficient (Wildman–Crippen LogP) is 9.07. The van der Waals surface area contributed by atoms with E-state index in [1.54, 1.807) is 0 Å². The summed E-state index contributed by atoms with van der Waals surface area (Å²) in [4.78, 5) is 24.8. The Morgan fingerprint density at radius 3 is 2.52 bits per heavy atom. The number of rotatable bonds is 2. The van der Waals surface area contributed by atoms with Crippen molar-refractivity contribution in [2.45, 2.75) is 51.6 Å². The van der Waals surface area contributed by atoms with Crippen molar-refractivity contribution in [2.75, 3.05) is 0 Å². The maximum Gasteiger partial charge on any atom is 0.203 e. The molecule has 2 aromatic heterocycles. The van der Waals surface area contributed by atoms with E-state index in [0.717, 1.165) is 66.4 Å². The molecule has 1 saturated carbocycles. The van der Waals surface area contributed by atoms with Crippen LogP contribution in [0.5, 0.6) is 5.75 Å². The van der Waals surface area contributed by atoms with E-state index in [1.165, 1.54) is 23.3 Å². The van der Waals surface area contributed by atoms with E-state index in [2.05, 4.69) is 57.2 Å². The van der Waals surface area contributed by atoms with E-state index in [-0.39, 0.29) is 11.4 Å². The van der Waals surface area contributed by atoms with Gasteiger partial charge in [0.2, 0.25) is 5.78 Å². The van der Waals surface area contributed by atoms with E-state index >= 15 is 0 Å². The van der Waals surface area contributed by atoms with E-state index in [1.807, 2.05) is 36.4 Å².